The fourth-order valence-corrected chi connectivity index (χ4v) is 2.19. The van der Waals surface area contributed by atoms with Crippen LogP contribution in [-0.2, 0) is 0 Å². The minimum atomic E-state index is -0.235. The number of hydrogen-bond acceptors (Lipinski definition) is 3. The average Bonchev–Trinajstić information content (AvgIpc) is 2.34. The summed E-state index contributed by atoms with van der Waals surface area (Å²) in [7, 11) is 0. The predicted molar refractivity (Wildman–Crippen MR) is 68.1 cm³/mol. The van der Waals surface area contributed by atoms with Gasteiger partial charge in [-0.05, 0) is 41.4 Å². The molecule has 0 aliphatic carbocycles. The van der Waals surface area contributed by atoms with Crippen LogP contribution in [0.4, 0.5) is 0 Å². The highest BCUT2D eigenvalue weighted by atomic mass is 79.9. The van der Waals surface area contributed by atoms with E-state index >= 15 is 0 Å². The molecule has 0 radical (unpaired) electrons. The quantitative estimate of drug-likeness (QED) is 0.749. The van der Waals surface area contributed by atoms with Gasteiger partial charge in [0.05, 0.1) is 10.0 Å². The number of aromatic nitrogens is 1. The van der Waals surface area contributed by atoms with Crippen molar-refractivity contribution in [2.45, 2.75) is 18.9 Å². The summed E-state index contributed by atoms with van der Waals surface area (Å²) in [6, 6.07) is 1.70. The molecule has 3 N–H and O–H groups in total. The molecule has 2 rings (SSSR count). The van der Waals surface area contributed by atoms with Crippen molar-refractivity contribution in [3.05, 3.63) is 32.7 Å². The zero-order chi connectivity index (χ0) is 12.3. The number of aromatic amines is 1. The second kappa shape index (κ2) is 5.46. The molecule has 2 heterocycles. The summed E-state index contributed by atoms with van der Waals surface area (Å²) < 4.78 is 0.368. The van der Waals surface area contributed by atoms with Crippen molar-refractivity contribution in [2.24, 2.45) is 0 Å². The highest BCUT2D eigenvalue weighted by Gasteiger charge is 2.16. The fourth-order valence-electron chi connectivity index (χ4n) is 1.83. The Morgan fingerprint density at radius 3 is 3.00 bits per heavy atom. The SMILES string of the molecule is O=C(N[C@H]1CCCNC1)c1c[nH]c(=O)c(Br)c1. The molecular formula is C11H14BrN3O2. The number of halogens is 1. The Balaban J connectivity index is 2.03. The van der Waals surface area contributed by atoms with Crippen LogP contribution in [0.5, 0.6) is 0 Å². The lowest BCUT2D eigenvalue weighted by molar-refractivity contribution is 0.0930. The van der Waals surface area contributed by atoms with Gasteiger partial charge in [-0.2, -0.15) is 0 Å². The van der Waals surface area contributed by atoms with Crippen LogP contribution < -0.4 is 16.2 Å². The highest BCUT2D eigenvalue weighted by Crippen LogP contribution is 2.07. The van der Waals surface area contributed by atoms with Crippen LogP contribution in [0.3, 0.4) is 0 Å². The number of H-pyrrole nitrogens is 1. The number of amides is 1. The zero-order valence-corrected chi connectivity index (χ0v) is 10.8. The molecule has 1 aliphatic rings. The van der Waals surface area contributed by atoms with Gasteiger partial charge in [0.25, 0.3) is 11.5 Å². The Hall–Kier alpha value is -1.14. The summed E-state index contributed by atoms with van der Waals surface area (Å²) in [5, 5.41) is 6.17. The number of rotatable bonds is 2. The first kappa shape index (κ1) is 12.3. The minimum absolute atomic E-state index is 0.157. The maximum atomic E-state index is 11.9. The van der Waals surface area contributed by atoms with Crippen LogP contribution in [0.1, 0.15) is 23.2 Å². The van der Waals surface area contributed by atoms with E-state index in [4.69, 9.17) is 0 Å². The third kappa shape index (κ3) is 3.17. The minimum Gasteiger partial charge on any atom is -0.348 e. The van der Waals surface area contributed by atoms with Crippen LogP contribution in [0.2, 0.25) is 0 Å². The summed E-state index contributed by atoms with van der Waals surface area (Å²) in [6.07, 6.45) is 3.49. The molecule has 1 aliphatic heterocycles. The number of pyridine rings is 1. The molecule has 1 aromatic rings. The number of hydrogen-bond donors (Lipinski definition) is 3. The molecule has 1 fully saturated rings. The molecule has 0 bridgehead atoms. The molecule has 0 spiro atoms. The van der Waals surface area contributed by atoms with E-state index in [1.54, 1.807) is 0 Å². The molecule has 6 heteroatoms. The summed E-state index contributed by atoms with van der Waals surface area (Å²) >= 11 is 3.10. The van der Waals surface area contributed by atoms with Crippen molar-refractivity contribution in [2.75, 3.05) is 13.1 Å². The Morgan fingerprint density at radius 1 is 1.53 bits per heavy atom. The van der Waals surface area contributed by atoms with E-state index in [0.29, 0.717) is 10.0 Å². The van der Waals surface area contributed by atoms with E-state index in [1.165, 1.54) is 12.3 Å². The normalized spacial score (nSPS) is 19.9. The first-order valence-electron chi connectivity index (χ1n) is 5.56. The maximum absolute atomic E-state index is 11.9. The lowest BCUT2D eigenvalue weighted by Crippen LogP contribution is -2.45. The van der Waals surface area contributed by atoms with E-state index in [1.807, 2.05) is 0 Å². The van der Waals surface area contributed by atoms with Crippen LogP contribution in [0.25, 0.3) is 0 Å². The molecule has 0 unspecified atom stereocenters. The Bertz CT molecular complexity index is 466. The lowest BCUT2D eigenvalue weighted by Gasteiger charge is -2.23. The van der Waals surface area contributed by atoms with Crippen molar-refractivity contribution >= 4 is 21.8 Å². The number of carbonyl (C=O) groups is 1. The third-order valence-corrected chi connectivity index (χ3v) is 3.34. The molecule has 1 saturated heterocycles. The standard InChI is InChI=1S/C11H14BrN3O2/c12-9-4-7(5-14-11(9)17)10(16)15-8-2-1-3-13-6-8/h4-5,8,13H,1-3,6H2,(H,14,17)(H,15,16)/t8-/m0/s1. The fraction of sp³-hybridized carbons (Fsp3) is 0.455. The third-order valence-electron chi connectivity index (χ3n) is 2.75. The van der Waals surface area contributed by atoms with Gasteiger partial charge < -0.3 is 15.6 Å². The molecule has 17 heavy (non-hydrogen) atoms. The van der Waals surface area contributed by atoms with Crippen LogP contribution in [-0.4, -0.2) is 30.0 Å². The van der Waals surface area contributed by atoms with Crippen molar-refractivity contribution in [3.63, 3.8) is 0 Å². The predicted octanol–water partition coefficient (Wildman–Crippen LogP) is 0.619. The molecule has 0 aromatic carbocycles. The van der Waals surface area contributed by atoms with Gasteiger partial charge in [0.1, 0.15) is 0 Å². The van der Waals surface area contributed by atoms with E-state index in [0.717, 1.165) is 25.9 Å². The van der Waals surface area contributed by atoms with E-state index in [-0.39, 0.29) is 17.5 Å². The van der Waals surface area contributed by atoms with Crippen molar-refractivity contribution in [1.82, 2.24) is 15.6 Å². The Labute approximate surface area is 107 Å². The molecular weight excluding hydrogens is 286 g/mol. The van der Waals surface area contributed by atoms with Crippen molar-refractivity contribution in [1.29, 1.82) is 0 Å². The molecule has 1 amide bonds. The Morgan fingerprint density at radius 2 is 2.35 bits per heavy atom. The summed E-state index contributed by atoms with van der Waals surface area (Å²) in [6.45, 7) is 1.81. The second-order valence-electron chi connectivity index (χ2n) is 4.08. The largest absolute Gasteiger partial charge is 0.348 e. The van der Waals surface area contributed by atoms with E-state index in [9.17, 15) is 9.59 Å². The topological polar surface area (TPSA) is 74.0 Å². The van der Waals surface area contributed by atoms with Gasteiger partial charge in [-0.3, -0.25) is 9.59 Å². The van der Waals surface area contributed by atoms with Gasteiger partial charge in [-0.15, -0.1) is 0 Å². The smallest absolute Gasteiger partial charge is 0.262 e. The summed E-state index contributed by atoms with van der Waals surface area (Å²) in [4.78, 5) is 25.5. The number of carbonyl (C=O) groups excluding carboxylic acids is 1. The first-order valence-corrected chi connectivity index (χ1v) is 6.36. The number of piperidine rings is 1. The molecule has 0 saturated carbocycles. The first-order chi connectivity index (χ1) is 8.16. The molecule has 92 valence electrons. The van der Waals surface area contributed by atoms with E-state index in [2.05, 4.69) is 31.5 Å². The Kier molecular flexibility index (Phi) is 3.96. The van der Waals surface area contributed by atoms with Crippen molar-refractivity contribution < 1.29 is 4.79 Å². The number of nitrogens with one attached hydrogen (secondary N) is 3. The maximum Gasteiger partial charge on any atom is 0.262 e. The van der Waals surface area contributed by atoms with Crippen LogP contribution in [0.15, 0.2) is 21.5 Å². The highest BCUT2D eigenvalue weighted by molar-refractivity contribution is 9.10. The van der Waals surface area contributed by atoms with Gasteiger partial charge in [0, 0.05) is 18.8 Å². The average molecular weight is 300 g/mol. The molecule has 5 nitrogen and oxygen atoms in total. The van der Waals surface area contributed by atoms with Gasteiger partial charge in [-0.1, -0.05) is 0 Å². The zero-order valence-electron chi connectivity index (χ0n) is 9.25. The monoisotopic (exact) mass is 299 g/mol. The van der Waals surface area contributed by atoms with Gasteiger partial charge >= 0.3 is 0 Å². The molecule has 1 aromatic heterocycles. The summed E-state index contributed by atoms with van der Waals surface area (Å²) in [5.41, 5.74) is 0.225. The molecule has 1 atom stereocenters. The van der Waals surface area contributed by atoms with Crippen molar-refractivity contribution in [3.8, 4) is 0 Å². The van der Waals surface area contributed by atoms with E-state index < -0.39 is 0 Å². The second-order valence-corrected chi connectivity index (χ2v) is 4.94. The van der Waals surface area contributed by atoms with Gasteiger partial charge in [-0.25, -0.2) is 0 Å². The van der Waals surface area contributed by atoms with Gasteiger partial charge in [0.15, 0.2) is 0 Å². The van der Waals surface area contributed by atoms with Gasteiger partial charge in [0.2, 0.25) is 0 Å². The van der Waals surface area contributed by atoms with Crippen LogP contribution >= 0.6 is 15.9 Å². The van der Waals surface area contributed by atoms with Crippen LogP contribution in [0, 0.1) is 0 Å². The lowest BCUT2D eigenvalue weighted by atomic mass is 10.1. The summed E-state index contributed by atoms with van der Waals surface area (Å²) in [5.74, 6) is -0.157.